The number of benzene rings is 1. The molecule has 33 heavy (non-hydrogen) atoms. The first-order valence-corrected chi connectivity index (χ1v) is 12.4. The number of ether oxygens (including phenoxy) is 1. The number of fused-ring (bicyclic) bond motifs is 1. The molecule has 2 aliphatic rings. The van der Waals surface area contributed by atoms with Crippen molar-refractivity contribution in [3.8, 4) is 5.95 Å². The van der Waals surface area contributed by atoms with Gasteiger partial charge in [-0.05, 0) is 25.0 Å². The molecule has 3 heterocycles. The number of nitrogens with zero attached hydrogens (tertiary/aromatic N) is 6. The van der Waals surface area contributed by atoms with Crippen LogP contribution < -0.4 is 10.2 Å². The maximum absolute atomic E-state index is 13.9. The van der Waals surface area contributed by atoms with Crippen molar-refractivity contribution in [2.45, 2.75) is 37.4 Å². The summed E-state index contributed by atoms with van der Waals surface area (Å²) in [6, 6.07) is 7.02. The highest BCUT2D eigenvalue weighted by atomic mass is 32.2. The number of aromatic nitrogens is 5. The molecule has 5 rings (SSSR count). The number of alkyl halides is 2. The fourth-order valence-electron chi connectivity index (χ4n) is 4.28. The van der Waals surface area contributed by atoms with Crippen LogP contribution in [0.2, 0.25) is 0 Å². The Morgan fingerprint density at radius 1 is 1.03 bits per heavy atom. The van der Waals surface area contributed by atoms with Gasteiger partial charge >= 0.3 is 0 Å². The minimum absolute atomic E-state index is 0.140. The van der Waals surface area contributed by atoms with Crippen molar-refractivity contribution in [3.05, 3.63) is 30.1 Å². The highest BCUT2D eigenvalue weighted by Crippen LogP contribution is 2.30. The zero-order valence-electron chi connectivity index (χ0n) is 18.3. The Morgan fingerprint density at radius 3 is 2.58 bits per heavy atom. The molecule has 1 saturated heterocycles. The maximum Gasteiger partial charge on any atom is 0.296 e. The first-order chi connectivity index (χ1) is 16.2. The molecule has 0 spiro atoms. The molecule has 8 nitrogen and oxygen atoms in total. The summed E-state index contributed by atoms with van der Waals surface area (Å²) in [5, 5.41) is 4.02. The van der Waals surface area contributed by atoms with E-state index in [0.717, 1.165) is 11.0 Å². The van der Waals surface area contributed by atoms with Gasteiger partial charge in [-0.15, -0.1) is 0 Å². The maximum atomic E-state index is 13.9. The Morgan fingerprint density at radius 2 is 1.79 bits per heavy atom. The molecule has 1 aliphatic heterocycles. The van der Waals surface area contributed by atoms with Crippen molar-refractivity contribution in [2.75, 3.05) is 48.8 Å². The van der Waals surface area contributed by atoms with Crippen LogP contribution in [0, 0.1) is 0 Å². The van der Waals surface area contributed by atoms with Gasteiger partial charge in [0.05, 0.1) is 24.2 Å². The van der Waals surface area contributed by atoms with Crippen molar-refractivity contribution < 1.29 is 13.5 Å². The topological polar surface area (TPSA) is 81.0 Å². The van der Waals surface area contributed by atoms with Gasteiger partial charge in [0.15, 0.2) is 5.82 Å². The molecule has 0 bridgehead atoms. The van der Waals surface area contributed by atoms with E-state index in [4.69, 9.17) is 4.74 Å². The van der Waals surface area contributed by atoms with E-state index in [9.17, 15) is 8.78 Å². The van der Waals surface area contributed by atoms with Gasteiger partial charge in [0.2, 0.25) is 17.8 Å². The van der Waals surface area contributed by atoms with Gasteiger partial charge in [-0.3, -0.25) is 4.57 Å². The van der Waals surface area contributed by atoms with Crippen molar-refractivity contribution >= 4 is 34.7 Å². The van der Waals surface area contributed by atoms with Crippen LogP contribution >= 0.6 is 11.8 Å². The third-order valence-electron chi connectivity index (χ3n) is 5.93. The van der Waals surface area contributed by atoms with Crippen molar-refractivity contribution in [2.24, 2.45) is 0 Å². The summed E-state index contributed by atoms with van der Waals surface area (Å²) in [5.74, 6) is 1.53. The summed E-state index contributed by atoms with van der Waals surface area (Å²) in [5.41, 5.74) is 1.01. The Bertz CT molecular complexity index is 1080. The number of thioether (sulfide) groups is 1. The summed E-state index contributed by atoms with van der Waals surface area (Å²) in [4.78, 5) is 19.8. The quantitative estimate of drug-likeness (QED) is 0.489. The number of hydrogen-bond acceptors (Lipinski definition) is 8. The van der Waals surface area contributed by atoms with Crippen LogP contribution in [0.1, 0.15) is 37.9 Å². The molecule has 0 amide bonds. The predicted molar refractivity (Wildman–Crippen MR) is 126 cm³/mol. The van der Waals surface area contributed by atoms with E-state index in [1.807, 2.05) is 16.7 Å². The van der Waals surface area contributed by atoms with E-state index in [-0.39, 0.29) is 11.8 Å². The lowest BCUT2D eigenvalue weighted by Gasteiger charge is -2.27. The van der Waals surface area contributed by atoms with Crippen LogP contribution in [0.5, 0.6) is 0 Å². The van der Waals surface area contributed by atoms with Gasteiger partial charge in [0.1, 0.15) is 0 Å². The van der Waals surface area contributed by atoms with Crippen molar-refractivity contribution in [1.29, 1.82) is 0 Å². The first kappa shape index (κ1) is 22.3. The van der Waals surface area contributed by atoms with Crippen molar-refractivity contribution in [1.82, 2.24) is 24.5 Å². The van der Waals surface area contributed by atoms with Gasteiger partial charge < -0.3 is 15.0 Å². The molecule has 2 fully saturated rings. The molecule has 1 aliphatic carbocycles. The van der Waals surface area contributed by atoms with Gasteiger partial charge in [0, 0.05) is 30.6 Å². The summed E-state index contributed by atoms with van der Waals surface area (Å²) in [6.45, 7) is 3.09. The average molecular weight is 476 g/mol. The summed E-state index contributed by atoms with van der Waals surface area (Å²) in [6.07, 6.45) is 2.43. The lowest BCUT2D eigenvalue weighted by Crippen LogP contribution is -2.37. The van der Waals surface area contributed by atoms with Crippen LogP contribution in [-0.4, -0.2) is 68.4 Å². The predicted octanol–water partition coefficient (Wildman–Crippen LogP) is 4.07. The highest BCUT2D eigenvalue weighted by Gasteiger charge is 2.24. The van der Waals surface area contributed by atoms with Crippen LogP contribution in [-0.2, 0) is 4.74 Å². The summed E-state index contributed by atoms with van der Waals surface area (Å²) < 4.78 is 34.6. The average Bonchev–Trinajstić information content (AvgIpc) is 3.50. The smallest absolute Gasteiger partial charge is 0.296 e. The van der Waals surface area contributed by atoms with Crippen LogP contribution in [0.15, 0.2) is 24.3 Å². The molecule has 11 heteroatoms. The minimum Gasteiger partial charge on any atom is -0.378 e. The zero-order valence-corrected chi connectivity index (χ0v) is 19.1. The number of anilines is 2. The molecule has 0 unspecified atom stereocenters. The zero-order chi connectivity index (χ0) is 22.6. The third kappa shape index (κ3) is 5.03. The number of imidazole rings is 1. The first-order valence-electron chi connectivity index (χ1n) is 11.4. The number of halogens is 2. The van der Waals surface area contributed by atoms with Crippen molar-refractivity contribution in [3.63, 3.8) is 0 Å². The van der Waals surface area contributed by atoms with E-state index in [0.29, 0.717) is 55.8 Å². The van der Waals surface area contributed by atoms with Gasteiger partial charge in [-0.2, -0.15) is 26.7 Å². The number of para-hydroxylation sites is 2. The van der Waals surface area contributed by atoms with Gasteiger partial charge in [-0.25, -0.2) is 13.8 Å². The third-order valence-corrected chi connectivity index (χ3v) is 7.31. The number of rotatable bonds is 8. The molecular formula is C22H27F2N7OS. The lowest BCUT2D eigenvalue weighted by molar-refractivity contribution is 0.122. The second-order valence-electron chi connectivity index (χ2n) is 8.16. The van der Waals surface area contributed by atoms with E-state index in [2.05, 4.69) is 25.3 Å². The van der Waals surface area contributed by atoms with Crippen LogP contribution in [0.25, 0.3) is 17.0 Å². The second kappa shape index (κ2) is 10.2. The molecule has 0 atom stereocenters. The van der Waals surface area contributed by atoms with E-state index >= 15 is 0 Å². The Kier molecular flexibility index (Phi) is 6.86. The lowest BCUT2D eigenvalue weighted by atomic mass is 10.3. The molecule has 1 saturated carbocycles. The summed E-state index contributed by atoms with van der Waals surface area (Å²) >= 11 is 1.97. The monoisotopic (exact) mass is 475 g/mol. The Balaban J connectivity index is 1.46. The number of morpholine rings is 1. The van der Waals surface area contributed by atoms with E-state index in [1.165, 1.54) is 30.3 Å². The normalized spacial score (nSPS) is 17.4. The fourth-order valence-corrected chi connectivity index (χ4v) is 5.50. The largest absolute Gasteiger partial charge is 0.378 e. The molecule has 0 radical (unpaired) electrons. The SMILES string of the molecule is FC(F)c1nc2ccccc2n1-c1nc(NCCSC2CCCC2)nc(N2CCOCC2)n1. The van der Waals surface area contributed by atoms with Crippen LogP contribution in [0.3, 0.4) is 0 Å². The summed E-state index contributed by atoms with van der Waals surface area (Å²) in [7, 11) is 0. The minimum atomic E-state index is -2.76. The van der Waals surface area contributed by atoms with Gasteiger partial charge in [0.25, 0.3) is 6.43 Å². The van der Waals surface area contributed by atoms with E-state index in [1.54, 1.807) is 24.3 Å². The van der Waals surface area contributed by atoms with Gasteiger partial charge in [-0.1, -0.05) is 25.0 Å². The molecule has 176 valence electrons. The standard InChI is InChI=1S/C22H27F2N7OS/c23-18(24)19-26-16-7-3-4-8-17(16)31(19)22-28-20(25-9-14-33-15-5-1-2-6-15)27-21(29-22)30-10-12-32-13-11-30/h3-4,7-8,15,18H,1-2,5-6,9-14H2,(H,25,27,28,29). The molecule has 1 N–H and O–H groups in total. The number of hydrogen-bond donors (Lipinski definition) is 1. The highest BCUT2D eigenvalue weighted by molar-refractivity contribution is 7.99. The fraction of sp³-hybridized carbons (Fsp3) is 0.545. The van der Waals surface area contributed by atoms with Crippen LogP contribution in [0.4, 0.5) is 20.7 Å². The molecule has 1 aromatic carbocycles. The molecular weight excluding hydrogens is 448 g/mol. The molecule has 3 aromatic rings. The number of nitrogens with one attached hydrogen (secondary N) is 1. The Labute approximate surface area is 195 Å². The molecule has 2 aromatic heterocycles. The second-order valence-corrected chi connectivity index (χ2v) is 9.57. The Hall–Kier alpha value is -2.53. The van der Waals surface area contributed by atoms with E-state index < -0.39 is 6.43 Å².